The lowest BCUT2D eigenvalue weighted by atomic mass is 9.94. The van der Waals surface area contributed by atoms with Crippen LogP contribution in [0, 0.1) is 0 Å². The van der Waals surface area contributed by atoms with Crippen LogP contribution in [-0.2, 0) is 9.47 Å². The number of nitrogens with zero attached hydrogens (tertiary/aromatic N) is 4. The second-order valence-corrected chi connectivity index (χ2v) is 7.67. The van der Waals surface area contributed by atoms with Crippen molar-refractivity contribution in [1.29, 1.82) is 0 Å². The van der Waals surface area contributed by atoms with Crippen LogP contribution in [0.2, 0.25) is 0 Å². The number of esters is 1. The molecule has 3 rings (SSSR count). The number of carbonyl (C=O) groups is 2. The molecule has 0 bridgehead atoms. The van der Waals surface area contributed by atoms with Crippen LogP contribution < -0.4 is 0 Å². The van der Waals surface area contributed by atoms with Crippen molar-refractivity contribution in [2.45, 2.75) is 52.1 Å². The molecule has 3 heterocycles. The van der Waals surface area contributed by atoms with Gasteiger partial charge in [0.15, 0.2) is 11.3 Å². The summed E-state index contributed by atoms with van der Waals surface area (Å²) in [4.78, 5) is 34.5. The van der Waals surface area contributed by atoms with Crippen molar-refractivity contribution in [1.82, 2.24) is 19.3 Å². The first kappa shape index (κ1) is 19.1. The highest BCUT2D eigenvalue weighted by atomic mass is 16.6. The Morgan fingerprint density at radius 1 is 1.22 bits per heavy atom. The lowest BCUT2D eigenvalue weighted by Crippen LogP contribution is -2.41. The second kappa shape index (κ2) is 7.54. The average molecular weight is 374 g/mol. The summed E-state index contributed by atoms with van der Waals surface area (Å²) in [6, 6.07) is 0. The van der Waals surface area contributed by atoms with Crippen molar-refractivity contribution >= 4 is 17.7 Å². The van der Waals surface area contributed by atoms with E-state index in [1.807, 2.05) is 27.0 Å². The molecular weight excluding hydrogens is 348 g/mol. The maximum absolute atomic E-state index is 12.2. The molecule has 27 heavy (non-hydrogen) atoms. The van der Waals surface area contributed by atoms with Crippen LogP contribution in [0.25, 0.3) is 5.65 Å². The topological polar surface area (TPSA) is 86.0 Å². The SMILES string of the molecule is CCOC(=O)c1cn2cc(C3CCN(C(=O)OC(C)(C)C)CC3)ncc2n1. The fraction of sp³-hybridized carbons (Fsp3) is 0.579. The van der Waals surface area contributed by atoms with Crippen LogP contribution in [0.4, 0.5) is 4.79 Å². The van der Waals surface area contributed by atoms with Gasteiger partial charge in [-0.25, -0.2) is 14.6 Å². The van der Waals surface area contributed by atoms with E-state index in [2.05, 4.69) is 9.97 Å². The molecule has 2 aromatic heterocycles. The molecule has 1 saturated heterocycles. The molecule has 0 spiro atoms. The second-order valence-electron chi connectivity index (χ2n) is 7.67. The molecule has 0 radical (unpaired) electrons. The molecule has 1 aliphatic heterocycles. The lowest BCUT2D eigenvalue weighted by molar-refractivity contribution is 0.0203. The maximum atomic E-state index is 12.2. The van der Waals surface area contributed by atoms with E-state index in [4.69, 9.17) is 9.47 Å². The number of hydrogen-bond acceptors (Lipinski definition) is 6. The van der Waals surface area contributed by atoms with Gasteiger partial charge in [0, 0.05) is 31.4 Å². The number of imidazole rings is 1. The van der Waals surface area contributed by atoms with Crippen molar-refractivity contribution in [3.8, 4) is 0 Å². The monoisotopic (exact) mass is 374 g/mol. The molecule has 1 amide bonds. The zero-order chi connectivity index (χ0) is 19.6. The highest BCUT2D eigenvalue weighted by Crippen LogP contribution is 2.27. The minimum Gasteiger partial charge on any atom is -0.461 e. The first-order valence-electron chi connectivity index (χ1n) is 9.26. The molecular formula is C19H26N4O4. The van der Waals surface area contributed by atoms with Crippen LogP contribution in [0.3, 0.4) is 0 Å². The van der Waals surface area contributed by atoms with Crippen molar-refractivity contribution in [2.75, 3.05) is 19.7 Å². The van der Waals surface area contributed by atoms with Gasteiger partial charge in [0.2, 0.25) is 0 Å². The number of carbonyl (C=O) groups excluding carboxylic acids is 2. The van der Waals surface area contributed by atoms with Gasteiger partial charge in [-0.05, 0) is 40.5 Å². The molecule has 8 heteroatoms. The highest BCUT2D eigenvalue weighted by molar-refractivity contribution is 5.87. The summed E-state index contributed by atoms with van der Waals surface area (Å²) in [5, 5.41) is 0. The summed E-state index contributed by atoms with van der Waals surface area (Å²) in [6.45, 7) is 8.95. The van der Waals surface area contributed by atoms with Gasteiger partial charge in [-0.15, -0.1) is 0 Å². The number of aromatic nitrogens is 3. The number of fused-ring (bicyclic) bond motifs is 1. The Labute approximate surface area is 158 Å². The maximum Gasteiger partial charge on any atom is 0.410 e. The molecule has 0 aliphatic carbocycles. The van der Waals surface area contributed by atoms with Crippen molar-refractivity contribution in [3.63, 3.8) is 0 Å². The van der Waals surface area contributed by atoms with Crippen LogP contribution in [-0.4, -0.2) is 56.6 Å². The molecule has 1 fully saturated rings. The number of rotatable bonds is 3. The zero-order valence-corrected chi connectivity index (χ0v) is 16.3. The summed E-state index contributed by atoms with van der Waals surface area (Å²) >= 11 is 0. The Morgan fingerprint density at radius 3 is 2.56 bits per heavy atom. The van der Waals surface area contributed by atoms with Gasteiger partial charge in [-0.1, -0.05) is 0 Å². The third-order valence-electron chi connectivity index (χ3n) is 4.41. The fourth-order valence-electron chi connectivity index (χ4n) is 3.11. The molecule has 1 aliphatic rings. The lowest BCUT2D eigenvalue weighted by Gasteiger charge is -2.33. The van der Waals surface area contributed by atoms with Gasteiger partial charge >= 0.3 is 12.1 Å². The Hall–Kier alpha value is -2.64. The van der Waals surface area contributed by atoms with Gasteiger partial charge in [-0.3, -0.25) is 4.98 Å². The van der Waals surface area contributed by atoms with Crippen LogP contribution in [0.15, 0.2) is 18.6 Å². The molecule has 0 unspecified atom stereocenters. The summed E-state index contributed by atoms with van der Waals surface area (Å²) < 4.78 is 12.2. The van der Waals surface area contributed by atoms with Gasteiger partial charge in [-0.2, -0.15) is 0 Å². The van der Waals surface area contributed by atoms with E-state index in [1.54, 1.807) is 28.6 Å². The van der Waals surface area contributed by atoms with Gasteiger partial charge < -0.3 is 18.8 Å². The Balaban J connectivity index is 1.66. The zero-order valence-electron chi connectivity index (χ0n) is 16.3. The molecule has 0 N–H and O–H groups in total. The first-order valence-corrected chi connectivity index (χ1v) is 9.26. The summed E-state index contributed by atoms with van der Waals surface area (Å²) in [7, 11) is 0. The first-order chi connectivity index (χ1) is 12.8. The fourth-order valence-corrected chi connectivity index (χ4v) is 3.11. The van der Waals surface area contributed by atoms with E-state index in [0.29, 0.717) is 25.3 Å². The quantitative estimate of drug-likeness (QED) is 0.768. The Bertz CT molecular complexity index is 832. The van der Waals surface area contributed by atoms with Gasteiger partial charge in [0.25, 0.3) is 0 Å². The van der Waals surface area contributed by atoms with E-state index >= 15 is 0 Å². The standard InChI is InChI=1S/C19H26N4O4/c1-5-26-17(24)15-12-23-11-14(20-10-16(23)21-15)13-6-8-22(9-7-13)18(25)27-19(2,3)4/h10-13H,5-9H2,1-4H3. The van der Waals surface area contributed by atoms with Crippen LogP contribution in [0.5, 0.6) is 0 Å². The van der Waals surface area contributed by atoms with E-state index in [-0.39, 0.29) is 17.7 Å². The van der Waals surface area contributed by atoms with Crippen LogP contribution in [0.1, 0.15) is 62.6 Å². The number of likely N-dealkylation sites (tertiary alicyclic amines) is 1. The number of amides is 1. The van der Waals surface area contributed by atoms with E-state index in [1.165, 1.54) is 0 Å². The smallest absolute Gasteiger partial charge is 0.410 e. The average Bonchev–Trinajstić information content (AvgIpc) is 3.04. The number of piperidine rings is 1. The third kappa shape index (κ3) is 4.56. The van der Waals surface area contributed by atoms with E-state index in [9.17, 15) is 9.59 Å². The number of ether oxygens (including phenoxy) is 2. The predicted molar refractivity (Wildman–Crippen MR) is 98.7 cm³/mol. The predicted octanol–water partition coefficient (Wildman–Crippen LogP) is 3.02. The molecule has 8 nitrogen and oxygen atoms in total. The van der Waals surface area contributed by atoms with E-state index in [0.717, 1.165) is 18.5 Å². The summed E-state index contributed by atoms with van der Waals surface area (Å²) in [5.74, 6) is -0.185. The van der Waals surface area contributed by atoms with Crippen molar-refractivity contribution < 1.29 is 19.1 Å². The Morgan fingerprint density at radius 2 is 1.93 bits per heavy atom. The molecule has 0 atom stereocenters. The number of hydrogen-bond donors (Lipinski definition) is 0. The van der Waals surface area contributed by atoms with Crippen LogP contribution >= 0.6 is 0 Å². The normalized spacial score (nSPS) is 15.8. The van der Waals surface area contributed by atoms with Crippen molar-refractivity contribution in [3.05, 3.63) is 30.0 Å². The molecule has 146 valence electrons. The Kier molecular flexibility index (Phi) is 5.34. The van der Waals surface area contributed by atoms with Gasteiger partial charge in [0.05, 0.1) is 18.5 Å². The molecule has 0 saturated carbocycles. The molecule has 2 aromatic rings. The highest BCUT2D eigenvalue weighted by Gasteiger charge is 2.28. The summed E-state index contributed by atoms with van der Waals surface area (Å²) in [6.07, 6.45) is 6.60. The third-order valence-corrected chi connectivity index (χ3v) is 4.41. The molecule has 0 aromatic carbocycles. The van der Waals surface area contributed by atoms with Gasteiger partial charge in [0.1, 0.15) is 5.60 Å². The van der Waals surface area contributed by atoms with E-state index < -0.39 is 11.6 Å². The minimum atomic E-state index is -0.488. The minimum absolute atomic E-state index is 0.251. The van der Waals surface area contributed by atoms with Crippen molar-refractivity contribution in [2.24, 2.45) is 0 Å². The summed E-state index contributed by atoms with van der Waals surface area (Å²) in [5.41, 5.74) is 1.32. The largest absolute Gasteiger partial charge is 0.461 e.